The number of carbonyl (C=O) groups excluding carboxylic acids is 1. The summed E-state index contributed by atoms with van der Waals surface area (Å²) in [5, 5.41) is 13.5. The normalized spacial score (nSPS) is 18.2. The number of aryl methyl sites for hydroxylation is 1. The van der Waals surface area contributed by atoms with Gasteiger partial charge in [-0.05, 0) is 43.7 Å². The van der Waals surface area contributed by atoms with E-state index >= 15 is 0 Å². The summed E-state index contributed by atoms with van der Waals surface area (Å²) in [4.78, 5) is 23.8. The topological polar surface area (TPSA) is 145 Å². The number of piperidine rings is 1. The molecule has 2 aliphatic rings. The van der Waals surface area contributed by atoms with Gasteiger partial charge in [0.1, 0.15) is 16.5 Å². The van der Waals surface area contributed by atoms with E-state index in [1.165, 1.54) is 12.8 Å². The minimum atomic E-state index is -0.670. The first-order valence-corrected chi connectivity index (χ1v) is 11.9. The van der Waals surface area contributed by atoms with Gasteiger partial charge in [-0.25, -0.2) is 4.98 Å². The van der Waals surface area contributed by atoms with Crippen molar-refractivity contribution in [2.24, 2.45) is 24.4 Å². The molecule has 10 nitrogen and oxygen atoms in total. The molecule has 1 saturated heterocycles. The van der Waals surface area contributed by atoms with Crippen molar-refractivity contribution in [2.75, 3.05) is 18.0 Å². The lowest BCUT2D eigenvalue weighted by molar-refractivity contribution is 0.0997. The molecule has 176 valence electrons. The number of H-pyrrole nitrogens is 1. The summed E-state index contributed by atoms with van der Waals surface area (Å²) >= 11 is 13.1. The molecular weight excluding hydrogens is 477 g/mol. The van der Waals surface area contributed by atoms with Crippen molar-refractivity contribution < 1.29 is 4.79 Å². The van der Waals surface area contributed by atoms with Gasteiger partial charge in [-0.2, -0.15) is 15.2 Å². The third-order valence-corrected chi connectivity index (χ3v) is 7.96. The van der Waals surface area contributed by atoms with Crippen LogP contribution in [-0.4, -0.2) is 54.5 Å². The van der Waals surface area contributed by atoms with E-state index in [0.29, 0.717) is 55.2 Å². The number of nitrogens with two attached hydrogens (primary N) is 2. The minimum Gasteiger partial charge on any atom is -0.364 e. The third-order valence-electron chi connectivity index (χ3n) is 7.13. The van der Waals surface area contributed by atoms with Crippen LogP contribution in [0.2, 0.25) is 10.2 Å². The van der Waals surface area contributed by atoms with Crippen molar-refractivity contribution in [3.63, 3.8) is 0 Å². The summed E-state index contributed by atoms with van der Waals surface area (Å²) in [7, 11) is 1.74. The number of nitrogens with one attached hydrogen (secondary N) is 1. The number of anilines is 1. The first-order valence-electron chi connectivity index (χ1n) is 11.2. The average molecular weight is 500 g/mol. The maximum absolute atomic E-state index is 12.5. The predicted molar refractivity (Wildman–Crippen MR) is 131 cm³/mol. The van der Waals surface area contributed by atoms with Gasteiger partial charge in [0.15, 0.2) is 5.65 Å². The molecule has 0 radical (unpaired) electrons. The maximum atomic E-state index is 12.5. The minimum absolute atomic E-state index is 0.0870. The average Bonchev–Trinajstić information content (AvgIpc) is 3.54. The number of fused-ring (bicyclic) bond motifs is 2. The molecule has 1 aromatic carbocycles. The Balaban J connectivity index is 1.44. The number of hydrogen-bond acceptors (Lipinski definition) is 7. The smallest absolute Gasteiger partial charge is 0.268 e. The zero-order chi connectivity index (χ0) is 23.8. The van der Waals surface area contributed by atoms with E-state index in [9.17, 15) is 4.79 Å². The number of aromatic amines is 1. The van der Waals surface area contributed by atoms with E-state index in [4.69, 9.17) is 34.7 Å². The number of nitrogens with zero attached hydrogens (tertiary/aromatic N) is 6. The van der Waals surface area contributed by atoms with Gasteiger partial charge < -0.3 is 16.4 Å². The van der Waals surface area contributed by atoms with Crippen LogP contribution in [-0.2, 0) is 7.05 Å². The van der Waals surface area contributed by atoms with Crippen molar-refractivity contribution in [3.05, 3.63) is 28.0 Å². The first-order chi connectivity index (χ1) is 16.3. The molecule has 34 heavy (non-hydrogen) atoms. The third kappa shape index (κ3) is 3.24. The quantitative estimate of drug-likeness (QED) is 0.391. The zero-order valence-corrected chi connectivity index (χ0v) is 20.0. The maximum Gasteiger partial charge on any atom is 0.268 e. The Hall–Kier alpha value is -2.95. The Labute approximate surface area is 204 Å². The molecule has 3 aromatic heterocycles. The molecule has 1 saturated carbocycles. The van der Waals surface area contributed by atoms with Crippen LogP contribution in [0.5, 0.6) is 0 Å². The monoisotopic (exact) mass is 499 g/mol. The van der Waals surface area contributed by atoms with Crippen molar-refractivity contribution in [1.82, 2.24) is 29.9 Å². The van der Waals surface area contributed by atoms with Gasteiger partial charge in [0, 0.05) is 31.2 Å². The number of halogens is 2. The first kappa shape index (κ1) is 21.6. The molecule has 4 heterocycles. The highest BCUT2D eigenvalue weighted by Crippen LogP contribution is 2.44. The Morgan fingerprint density at radius 3 is 2.59 bits per heavy atom. The number of aromatic nitrogens is 6. The SMILES string of the molecule is Cn1nc2ccc(-c3n[nH]c4nc(N5CCC(N)(C6CC6)CC5)nc(C(N)=O)c34)c(Cl)c2c1Cl. The Morgan fingerprint density at radius 2 is 1.91 bits per heavy atom. The van der Waals surface area contributed by atoms with Crippen LogP contribution in [0, 0.1) is 5.92 Å². The lowest BCUT2D eigenvalue weighted by Crippen LogP contribution is -2.52. The second kappa shape index (κ2) is 7.53. The van der Waals surface area contributed by atoms with Crippen molar-refractivity contribution >= 4 is 57.0 Å². The number of rotatable bonds is 4. The van der Waals surface area contributed by atoms with Crippen LogP contribution in [0.3, 0.4) is 0 Å². The van der Waals surface area contributed by atoms with E-state index in [-0.39, 0.29) is 11.2 Å². The van der Waals surface area contributed by atoms with E-state index in [2.05, 4.69) is 25.3 Å². The fraction of sp³-hybridized carbons (Fsp3) is 0.409. The summed E-state index contributed by atoms with van der Waals surface area (Å²) in [5.74, 6) is 0.382. The van der Waals surface area contributed by atoms with Crippen LogP contribution in [0.25, 0.3) is 33.2 Å². The Morgan fingerprint density at radius 1 is 1.18 bits per heavy atom. The molecule has 6 rings (SSSR count). The fourth-order valence-corrected chi connectivity index (χ4v) is 5.63. The van der Waals surface area contributed by atoms with E-state index in [1.807, 2.05) is 4.90 Å². The predicted octanol–water partition coefficient (Wildman–Crippen LogP) is 3.02. The summed E-state index contributed by atoms with van der Waals surface area (Å²) in [6.45, 7) is 1.44. The van der Waals surface area contributed by atoms with E-state index < -0.39 is 5.91 Å². The molecule has 0 bridgehead atoms. The largest absolute Gasteiger partial charge is 0.364 e. The van der Waals surface area contributed by atoms with E-state index in [0.717, 1.165) is 25.9 Å². The molecule has 0 spiro atoms. The summed E-state index contributed by atoms with van der Waals surface area (Å²) in [6, 6.07) is 3.58. The summed E-state index contributed by atoms with van der Waals surface area (Å²) < 4.78 is 1.55. The molecule has 5 N–H and O–H groups in total. The van der Waals surface area contributed by atoms with Gasteiger partial charge in [0.05, 0.1) is 21.3 Å². The zero-order valence-electron chi connectivity index (χ0n) is 18.5. The molecule has 12 heteroatoms. The number of carbonyl (C=O) groups is 1. The highest BCUT2D eigenvalue weighted by Gasteiger charge is 2.44. The van der Waals surface area contributed by atoms with Gasteiger partial charge >= 0.3 is 0 Å². The summed E-state index contributed by atoms with van der Waals surface area (Å²) in [6.07, 6.45) is 4.14. The van der Waals surface area contributed by atoms with Crippen LogP contribution in [0.1, 0.15) is 36.2 Å². The van der Waals surface area contributed by atoms with Gasteiger partial charge in [0.2, 0.25) is 5.95 Å². The fourth-order valence-electron chi connectivity index (χ4n) is 5.02. The molecule has 4 aromatic rings. The van der Waals surface area contributed by atoms with Gasteiger partial charge in [-0.3, -0.25) is 14.6 Å². The van der Waals surface area contributed by atoms with Crippen LogP contribution >= 0.6 is 23.2 Å². The molecular formula is C22H23Cl2N9O. The van der Waals surface area contributed by atoms with Crippen LogP contribution < -0.4 is 16.4 Å². The van der Waals surface area contributed by atoms with Crippen molar-refractivity contribution in [2.45, 2.75) is 31.2 Å². The summed E-state index contributed by atoms with van der Waals surface area (Å²) in [5.41, 5.74) is 14.4. The lowest BCUT2D eigenvalue weighted by atomic mass is 9.84. The van der Waals surface area contributed by atoms with Crippen molar-refractivity contribution in [1.29, 1.82) is 0 Å². The lowest BCUT2D eigenvalue weighted by Gasteiger charge is -2.39. The molecule has 0 unspecified atom stereocenters. The Kier molecular flexibility index (Phi) is 4.78. The number of benzene rings is 1. The number of primary amides is 1. The van der Waals surface area contributed by atoms with Crippen LogP contribution in [0.4, 0.5) is 5.95 Å². The highest BCUT2D eigenvalue weighted by atomic mass is 35.5. The second-order valence-corrected chi connectivity index (χ2v) is 10.00. The van der Waals surface area contributed by atoms with Crippen molar-refractivity contribution in [3.8, 4) is 11.3 Å². The number of amides is 1. The highest BCUT2D eigenvalue weighted by molar-refractivity contribution is 6.43. The molecule has 1 amide bonds. The van der Waals surface area contributed by atoms with Crippen LogP contribution in [0.15, 0.2) is 12.1 Å². The Bertz CT molecular complexity index is 1460. The number of hydrogen-bond donors (Lipinski definition) is 3. The second-order valence-electron chi connectivity index (χ2n) is 9.26. The standard InChI is InChI=1S/C22H23Cl2N9O/c1-32-18(24)13-12(31-32)5-4-11(15(13)23)16-14-17(19(25)34)27-21(28-20(14)30-29-16)33-8-6-22(26,7-9-33)10-2-3-10/h4-5,10H,2-3,6-9,26H2,1H3,(H2,25,34)(H,27,28,29,30). The van der Waals surface area contributed by atoms with Gasteiger partial charge in [-0.1, -0.05) is 23.2 Å². The molecule has 2 fully saturated rings. The van der Waals surface area contributed by atoms with Gasteiger partial charge in [-0.15, -0.1) is 0 Å². The van der Waals surface area contributed by atoms with E-state index in [1.54, 1.807) is 23.9 Å². The molecule has 0 atom stereocenters. The molecule has 1 aliphatic heterocycles. The molecule has 1 aliphatic carbocycles. The van der Waals surface area contributed by atoms with Gasteiger partial charge in [0.25, 0.3) is 5.91 Å².